The van der Waals surface area contributed by atoms with E-state index in [2.05, 4.69) is 24.1 Å². The summed E-state index contributed by atoms with van der Waals surface area (Å²) in [6.45, 7) is 13.0. The van der Waals surface area contributed by atoms with E-state index in [0.29, 0.717) is 30.8 Å². The quantitative estimate of drug-likeness (QED) is 0.194. The molecule has 0 fully saturated rings. The number of hydrogen-bond donors (Lipinski definition) is 1. The summed E-state index contributed by atoms with van der Waals surface area (Å²) >= 11 is 0. The predicted octanol–water partition coefficient (Wildman–Crippen LogP) is 6.61. The summed E-state index contributed by atoms with van der Waals surface area (Å²) in [6, 6.07) is 21.3. The maximum atomic E-state index is 13.0. The lowest BCUT2D eigenvalue weighted by atomic mass is 10.0. The van der Waals surface area contributed by atoms with Crippen molar-refractivity contribution in [3.63, 3.8) is 0 Å². The minimum atomic E-state index is -0.102. The molecule has 4 rings (SSSR count). The molecule has 0 aliphatic carbocycles. The molecule has 7 heteroatoms. The normalized spacial score (nSPS) is 11.1. The second-order valence-corrected chi connectivity index (χ2v) is 9.64. The molecule has 0 aliphatic rings. The number of nitrogens with zero attached hydrogens (tertiary/aromatic N) is 3. The van der Waals surface area contributed by atoms with E-state index < -0.39 is 0 Å². The van der Waals surface area contributed by atoms with Gasteiger partial charge in [0.15, 0.2) is 0 Å². The number of benzene rings is 3. The molecule has 1 amide bonds. The maximum absolute atomic E-state index is 13.0. The molecule has 1 aromatic heterocycles. The van der Waals surface area contributed by atoms with E-state index in [0.717, 1.165) is 72.0 Å². The van der Waals surface area contributed by atoms with Crippen LogP contribution in [0.15, 0.2) is 66.7 Å². The van der Waals surface area contributed by atoms with Crippen LogP contribution in [0, 0.1) is 0 Å². The van der Waals surface area contributed by atoms with Gasteiger partial charge in [-0.25, -0.2) is 9.97 Å². The van der Waals surface area contributed by atoms with Crippen LogP contribution in [-0.4, -0.2) is 60.2 Å². The third-order valence-corrected chi connectivity index (χ3v) is 6.60. The van der Waals surface area contributed by atoms with Gasteiger partial charge in [-0.15, -0.1) is 0 Å². The molecular weight excluding hydrogens is 500 g/mol. The Morgan fingerprint density at radius 2 is 1.23 bits per heavy atom. The van der Waals surface area contributed by atoms with E-state index in [9.17, 15) is 4.79 Å². The van der Waals surface area contributed by atoms with Crippen LogP contribution in [0.3, 0.4) is 0 Å². The highest BCUT2D eigenvalue weighted by Gasteiger charge is 2.16. The van der Waals surface area contributed by atoms with Crippen LogP contribution in [0.2, 0.25) is 0 Å². The Morgan fingerprint density at radius 1 is 0.700 bits per heavy atom. The molecular formula is C33H40N4O3. The molecule has 0 radical (unpaired) electrons. The first-order valence-corrected chi connectivity index (χ1v) is 14.3. The molecule has 40 heavy (non-hydrogen) atoms. The lowest BCUT2D eigenvalue weighted by Gasteiger charge is -2.20. The zero-order chi connectivity index (χ0) is 28.3. The van der Waals surface area contributed by atoms with Gasteiger partial charge in [0.2, 0.25) is 0 Å². The lowest BCUT2D eigenvalue weighted by molar-refractivity contribution is 0.0948. The highest BCUT2D eigenvalue weighted by molar-refractivity contribution is 5.98. The standard InChI is InChI=1S/C33H40N4O3/c1-5-20-37(21-6-2)22-19-34-33(38)26-13-18-29-30(23-26)36-32(25-11-16-28(17-12-25)40-8-4)31(35-29)24-9-14-27(15-10-24)39-7-3/h9-18,23H,5-8,19-22H2,1-4H3,(H,34,38). The van der Waals surface area contributed by atoms with E-state index in [1.807, 2.05) is 80.6 Å². The van der Waals surface area contributed by atoms with Gasteiger partial charge in [0.1, 0.15) is 11.5 Å². The van der Waals surface area contributed by atoms with Gasteiger partial charge >= 0.3 is 0 Å². The van der Waals surface area contributed by atoms with Gasteiger partial charge in [0.25, 0.3) is 5.91 Å². The molecule has 0 saturated heterocycles. The first-order chi connectivity index (χ1) is 19.6. The number of amides is 1. The molecule has 3 aromatic carbocycles. The highest BCUT2D eigenvalue weighted by Crippen LogP contribution is 2.33. The SMILES string of the molecule is CCCN(CCC)CCNC(=O)c1ccc2nc(-c3ccc(OCC)cc3)c(-c3ccc(OCC)cc3)nc2c1. The van der Waals surface area contributed by atoms with E-state index in [1.54, 1.807) is 0 Å². The molecule has 0 spiro atoms. The van der Waals surface area contributed by atoms with Crippen molar-refractivity contribution in [2.45, 2.75) is 40.5 Å². The largest absolute Gasteiger partial charge is 0.494 e. The Labute approximate surface area is 237 Å². The number of fused-ring (bicyclic) bond motifs is 1. The number of carbonyl (C=O) groups is 1. The van der Waals surface area contributed by atoms with Gasteiger partial charge in [-0.2, -0.15) is 0 Å². The minimum Gasteiger partial charge on any atom is -0.494 e. The lowest BCUT2D eigenvalue weighted by Crippen LogP contribution is -2.35. The second kappa shape index (κ2) is 14.4. The first-order valence-electron chi connectivity index (χ1n) is 14.3. The number of hydrogen-bond acceptors (Lipinski definition) is 6. The minimum absolute atomic E-state index is 0.102. The average Bonchev–Trinajstić information content (AvgIpc) is 2.97. The number of nitrogens with one attached hydrogen (secondary N) is 1. The fourth-order valence-corrected chi connectivity index (χ4v) is 4.75. The van der Waals surface area contributed by atoms with Gasteiger partial charge in [-0.3, -0.25) is 4.79 Å². The van der Waals surface area contributed by atoms with Crippen molar-refractivity contribution in [3.8, 4) is 34.0 Å². The summed E-state index contributed by atoms with van der Waals surface area (Å²) in [7, 11) is 0. The summed E-state index contributed by atoms with van der Waals surface area (Å²) in [5.41, 5.74) is 5.34. The molecule has 0 bridgehead atoms. The van der Waals surface area contributed by atoms with Crippen LogP contribution in [0.25, 0.3) is 33.5 Å². The number of carbonyl (C=O) groups excluding carboxylic acids is 1. The van der Waals surface area contributed by atoms with Crippen LogP contribution in [0.1, 0.15) is 50.9 Å². The van der Waals surface area contributed by atoms with Crippen molar-refractivity contribution in [1.29, 1.82) is 0 Å². The first kappa shape index (κ1) is 29.0. The second-order valence-electron chi connectivity index (χ2n) is 9.64. The number of rotatable bonds is 14. The molecule has 0 unspecified atom stereocenters. The van der Waals surface area contributed by atoms with Crippen molar-refractivity contribution in [3.05, 3.63) is 72.3 Å². The Hall–Kier alpha value is -3.97. The molecule has 1 N–H and O–H groups in total. The Kier molecular flexibility index (Phi) is 10.5. The summed E-state index contributed by atoms with van der Waals surface area (Å²) in [5.74, 6) is 1.51. The van der Waals surface area contributed by atoms with E-state index in [1.165, 1.54) is 0 Å². The van der Waals surface area contributed by atoms with Crippen LogP contribution in [0.4, 0.5) is 0 Å². The van der Waals surface area contributed by atoms with Crippen molar-refractivity contribution < 1.29 is 14.3 Å². The summed E-state index contributed by atoms with van der Waals surface area (Å²) in [5, 5.41) is 3.07. The van der Waals surface area contributed by atoms with E-state index in [-0.39, 0.29) is 5.91 Å². The Balaban J connectivity index is 1.65. The fraction of sp³-hybridized carbons (Fsp3) is 0.364. The molecule has 4 aromatic rings. The maximum Gasteiger partial charge on any atom is 0.251 e. The molecule has 0 atom stereocenters. The fourth-order valence-electron chi connectivity index (χ4n) is 4.75. The van der Waals surface area contributed by atoms with Crippen molar-refractivity contribution >= 4 is 16.9 Å². The Bertz CT molecular complexity index is 1380. The molecule has 0 saturated carbocycles. The van der Waals surface area contributed by atoms with Gasteiger partial charge in [-0.1, -0.05) is 13.8 Å². The molecule has 1 heterocycles. The van der Waals surface area contributed by atoms with E-state index in [4.69, 9.17) is 19.4 Å². The van der Waals surface area contributed by atoms with Crippen LogP contribution >= 0.6 is 0 Å². The number of ether oxygens (including phenoxy) is 2. The van der Waals surface area contributed by atoms with Crippen LogP contribution in [0.5, 0.6) is 11.5 Å². The summed E-state index contributed by atoms with van der Waals surface area (Å²) in [4.78, 5) is 25.4. The van der Waals surface area contributed by atoms with Gasteiger partial charge in [0.05, 0.1) is 35.6 Å². The van der Waals surface area contributed by atoms with E-state index >= 15 is 0 Å². The summed E-state index contributed by atoms with van der Waals surface area (Å²) < 4.78 is 11.3. The van der Waals surface area contributed by atoms with Crippen molar-refractivity contribution in [1.82, 2.24) is 20.2 Å². The average molecular weight is 541 g/mol. The third kappa shape index (κ3) is 7.36. The van der Waals surface area contributed by atoms with Crippen molar-refractivity contribution in [2.75, 3.05) is 39.4 Å². The third-order valence-electron chi connectivity index (χ3n) is 6.60. The molecule has 210 valence electrons. The molecule has 0 aliphatic heterocycles. The Morgan fingerprint density at radius 3 is 1.73 bits per heavy atom. The van der Waals surface area contributed by atoms with Crippen LogP contribution in [-0.2, 0) is 0 Å². The van der Waals surface area contributed by atoms with Crippen LogP contribution < -0.4 is 14.8 Å². The van der Waals surface area contributed by atoms with Gasteiger partial charge in [-0.05, 0) is 107 Å². The zero-order valence-electron chi connectivity index (χ0n) is 24.1. The van der Waals surface area contributed by atoms with Gasteiger partial charge in [0, 0.05) is 29.8 Å². The zero-order valence-corrected chi connectivity index (χ0v) is 24.1. The van der Waals surface area contributed by atoms with Crippen molar-refractivity contribution in [2.24, 2.45) is 0 Å². The summed E-state index contributed by atoms with van der Waals surface area (Å²) in [6.07, 6.45) is 2.21. The molecule has 7 nitrogen and oxygen atoms in total. The predicted molar refractivity (Wildman–Crippen MR) is 162 cm³/mol. The number of aromatic nitrogens is 2. The topological polar surface area (TPSA) is 76.6 Å². The highest BCUT2D eigenvalue weighted by atomic mass is 16.5. The smallest absolute Gasteiger partial charge is 0.251 e. The monoisotopic (exact) mass is 540 g/mol. The van der Waals surface area contributed by atoms with Gasteiger partial charge < -0.3 is 19.7 Å².